The number of hydrogen-bond acceptors (Lipinski definition) is 1. The molecule has 12 heavy (non-hydrogen) atoms. The van der Waals surface area contributed by atoms with E-state index in [9.17, 15) is 4.39 Å². The maximum absolute atomic E-state index is 12.8. The first-order valence-electron chi connectivity index (χ1n) is 3.79. The highest BCUT2D eigenvalue weighted by atomic mass is 35.5. The number of aliphatic hydroxyl groups excluding tert-OH is 1. The molecule has 0 aromatic heterocycles. The highest BCUT2D eigenvalue weighted by molar-refractivity contribution is 6.31. The number of aliphatic hydroxyl groups is 1. The molecule has 0 saturated carbocycles. The highest BCUT2D eigenvalue weighted by Crippen LogP contribution is 2.20. The molecule has 1 rings (SSSR count). The van der Waals surface area contributed by atoms with Crippen molar-refractivity contribution in [3.8, 4) is 0 Å². The summed E-state index contributed by atoms with van der Waals surface area (Å²) in [4.78, 5) is 0. The monoisotopic (exact) mass is 188 g/mol. The minimum absolute atomic E-state index is 0.104. The SMILES string of the molecule is OCCCc1cccc(F)c1Cl. The van der Waals surface area contributed by atoms with Crippen LogP contribution in [0.4, 0.5) is 4.39 Å². The molecule has 66 valence electrons. The number of hydrogen-bond donors (Lipinski definition) is 1. The average Bonchev–Trinajstić information content (AvgIpc) is 2.08. The van der Waals surface area contributed by atoms with Crippen LogP contribution in [0, 0.1) is 5.82 Å². The Kier molecular flexibility index (Phi) is 3.50. The first-order chi connectivity index (χ1) is 5.75. The third-order valence-corrected chi connectivity index (χ3v) is 2.06. The lowest BCUT2D eigenvalue weighted by Crippen LogP contribution is -1.92. The molecule has 1 N–H and O–H groups in total. The molecule has 0 aliphatic rings. The van der Waals surface area contributed by atoms with E-state index in [0.29, 0.717) is 12.8 Å². The van der Waals surface area contributed by atoms with Gasteiger partial charge in [0.15, 0.2) is 0 Å². The zero-order valence-electron chi connectivity index (χ0n) is 6.56. The second kappa shape index (κ2) is 4.43. The Bertz CT molecular complexity index is 263. The van der Waals surface area contributed by atoms with E-state index in [1.165, 1.54) is 6.07 Å². The molecule has 0 aliphatic heterocycles. The van der Waals surface area contributed by atoms with Gasteiger partial charge in [0.25, 0.3) is 0 Å². The molecule has 0 unspecified atom stereocenters. The van der Waals surface area contributed by atoms with Crippen LogP contribution in [0.5, 0.6) is 0 Å². The molecule has 0 radical (unpaired) electrons. The van der Waals surface area contributed by atoms with Crippen LogP contribution >= 0.6 is 11.6 Å². The Morgan fingerprint density at radius 3 is 2.83 bits per heavy atom. The van der Waals surface area contributed by atoms with E-state index in [0.717, 1.165) is 5.56 Å². The van der Waals surface area contributed by atoms with Crippen LogP contribution in [0.15, 0.2) is 18.2 Å². The van der Waals surface area contributed by atoms with Gasteiger partial charge < -0.3 is 5.11 Å². The largest absolute Gasteiger partial charge is 0.396 e. The maximum atomic E-state index is 12.8. The molecule has 1 nitrogen and oxygen atoms in total. The van der Waals surface area contributed by atoms with Crippen LogP contribution in [-0.4, -0.2) is 11.7 Å². The fourth-order valence-corrected chi connectivity index (χ4v) is 1.23. The van der Waals surface area contributed by atoms with Gasteiger partial charge in [-0.05, 0) is 24.5 Å². The van der Waals surface area contributed by atoms with Crippen molar-refractivity contribution in [2.75, 3.05) is 6.61 Å². The maximum Gasteiger partial charge on any atom is 0.142 e. The quantitative estimate of drug-likeness (QED) is 0.773. The zero-order chi connectivity index (χ0) is 8.97. The normalized spacial score (nSPS) is 10.2. The number of benzene rings is 1. The molecule has 3 heteroatoms. The van der Waals surface area contributed by atoms with Crippen LogP contribution in [0.1, 0.15) is 12.0 Å². The molecule has 0 amide bonds. The van der Waals surface area contributed by atoms with Crippen molar-refractivity contribution in [3.05, 3.63) is 34.6 Å². The van der Waals surface area contributed by atoms with Gasteiger partial charge in [0.2, 0.25) is 0 Å². The van der Waals surface area contributed by atoms with Crippen molar-refractivity contribution in [2.24, 2.45) is 0 Å². The first-order valence-corrected chi connectivity index (χ1v) is 4.17. The van der Waals surface area contributed by atoms with Crippen LogP contribution in [-0.2, 0) is 6.42 Å². The number of rotatable bonds is 3. The predicted octanol–water partition coefficient (Wildman–Crippen LogP) is 2.40. The van der Waals surface area contributed by atoms with Gasteiger partial charge in [-0.2, -0.15) is 0 Å². The molecular formula is C9H10ClFO. The molecule has 0 bridgehead atoms. The average molecular weight is 189 g/mol. The zero-order valence-corrected chi connectivity index (χ0v) is 7.31. The highest BCUT2D eigenvalue weighted by Gasteiger charge is 2.03. The van der Waals surface area contributed by atoms with Crippen LogP contribution in [0.25, 0.3) is 0 Å². The smallest absolute Gasteiger partial charge is 0.142 e. The number of aryl methyl sites for hydroxylation is 1. The van der Waals surface area contributed by atoms with E-state index in [1.54, 1.807) is 12.1 Å². The Hall–Kier alpha value is -0.600. The Morgan fingerprint density at radius 1 is 1.42 bits per heavy atom. The van der Waals surface area contributed by atoms with Gasteiger partial charge in [0, 0.05) is 6.61 Å². The molecule has 1 aromatic rings. The van der Waals surface area contributed by atoms with E-state index in [4.69, 9.17) is 16.7 Å². The van der Waals surface area contributed by atoms with Gasteiger partial charge in [-0.15, -0.1) is 0 Å². The molecule has 1 aromatic carbocycles. The van der Waals surface area contributed by atoms with Gasteiger partial charge in [-0.1, -0.05) is 23.7 Å². The lowest BCUT2D eigenvalue weighted by Gasteiger charge is -2.02. The van der Waals surface area contributed by atoms with Crippen molar-refractivity contribution < 1.29 is 9.50 Å². The summed E-state index contributed by atoms with van der Waals surface area (Å²) in [6.45, 7) is 0.104. The van der Waals surface area contributed by atoms with Gasteiger partial charge in [-0.3, -0.25) is 0 Å². The third kappa shape index (κ3) is 2.19. The summed E-state index contributed by atoms with van der Waals surface area (Å²) in [6.07, 6.45) is 1.23. The summed E-state index contributed by atoms with van der Waals surface area (Å²) in [5.41, 5.74) is 0.755. The lowest BCUT2D eigenvalue weighted by molar-refractivity contribution is 0.288. The van der Waals surface area contributed by atoms with Crippen LogP contribution in [0.2, 0.25) is 5.02 Å². The van der Waals surface area contributed by atoms with Crippen LogP contribution in [0.3, 0.4) is 0 Å². The second-order valence-corrected chi connectivity index (χ2v) is 2.92. The molecule has 0 aliphatic carbocycles. The minimum atomic E-state index is -0.396. The molecule has 0 heterocycles. The lowest BCUT2D eigenvalue weighted by atomic mass is 10.1. The topological polar surface area (TPSA) is 20.2 Å². The van der Waals surface area contributed by atoms with Crippen molar-refractivity contribution >= 4 is 11.6 Å². The standard InChI is InChI=1S/C9H10ClFO/c10-9-7(4-2-6-12)3-1-5-8(9)11/h1,3,5,12H,2,4,6H2. The Labute approximate surface area is 75.8 Å². The summed E-state index contributed by atoms with van der Waals surface area (Å²) in [7, 11) is 0. The Balaban J connectivity index is 2.78. The minimum Gasteiger partial charge on any atom is -0.396 e. The van der Waals surface area contributed by atoms with Crippen molar-refractivity contribution in [3.63, 3.8) is 0 Å². The van der Waals surface area contributed by atoms with Crippen molar-refractivity contribution in [2.45, 2.75) is 12.8 Å². The van der Waals surface area contributed by atoms with Gasteiger partial charge in [-0.25, -0.2) is 4.39 Å². The summed E-state index contributed by atoms with van der Waals surface area (Å²) >= 11 is 5.67. The summed E-state index contributed by atoms with van der Waals surface area (Å²) < 4.78 is 12.8. The fraction of sp³-hybridized carbons (Fsp3) is 0.333. The summed E-state index contributed by atoms with van der Waals surface area (Å²) in [5, 5.41) is 8.72. The Morgan fingerprint density at radius 2 is 2.17 bits per heavy atom. The second-order valence-electron chi connectivity index (χ2n) is 2.54. The summed E-state index contributed by atoms with van der Waals surface area (Å²) in [6, 6.07) is 4.71. The first kappa shape index (κ1) is 9.49. The van der Waals surface area contributed by atoms with Crippen LogP contribution < -0.4 is 0 Å². The fourth-order valence-electron chi connectivity index (χ4n) is 1.01. The molecule has 0 fully saturated rings. The molecular weight excluding hydrogens is 179 g/mol. The molecule has 0 spiro atoms. The number of halogens is 2. The van der Waals surface area contributed by atoms with Gasteiger partial charge in [0.05, 0.1) is 5.02 Å². The molecule has 0 atom stereocenters. The third-order valence-electron chi connectivity index (χ3n) is 1.64. The van der Waals surface area contributed by atoms with E-state index in [-0.39, 0.29) is 11.6 Å². The van der Waals surface area contributed by atoms with Crippen molar-refractivity contribution in [1.82, 2.24) is 0 Å². The van der Waals surface area contributed by atoms with Crippen molar-refractivity contribution in [1.29, 1.82) is 0 Å². The summed E-state index contributed by atoms with van der Waals surface area (Å²) in [5.74, 6) is -0.396. The van der Waals surface area contributed by atoms with E-state index < -0.39 is 5.82 Å². The van der Waals surface area contributed by atoms with E-state index in [2.05, 4.69) is 0 Å². The van der Waals surface area contributed by atoms with E-state index in [1.807, 2.05) is 0 Å². The van der Waals surface area contributed by atoms with Gasteiger partial charge in [0.1, 0.15) is 5.82 Å². The van der Waals surface area contributed by atoms with Gasteiger partial charge >= 0.3 is 0 Å². The predicted molar refractivity (Wildman–Crippen MR) is 46.8 cm³/mol. The van der Waals surface area contributed by atoms with E-state index >= 15 is 0 Å². The molecule has 0 saturated heterocycles.